The van der Waals surface area contributed by atoms with Gasteiger partial charge < -0.3 is 14.6 Å². The van der Waals surface area contributed by atoms with Crippen LogP contribution in [0.25, 0.3) is 5.65 Å². The normalized spacial score (nSPS) is 19.9. The van der Waals surface area contributed by atoms with Crippen molar-refractivity contribution in [2.24, 2.45) is 0 Å². The van der Waals surface area contributed by atoms with Crippen molar-refractivity contribution in [1.29, 1.82) is 0 Å². The third-order valence-corrected chi connectivity index (χ3v) is 8.45. The Morgan fingerprint density at radius 3 is 2.50 bits per heavy atom. The predicted molar refractivity (Wildman–Crippen MR) is 133 cm³/mol. The molecule has 4 heterocycles. The average Bonchev–Trinajstić information content (AvgIpc) is 3.36. The molecule has 1 unspecified atom stereocenters. The summed E-state index contributed by atoms with van der Waals surface area (Å²) in [5.41, 5.74) is 2.37. The molecule has 180 valence electrons. The number of fused-ring (bicyclic) bond motifs is 1. The second-order valence-corrected chi connectivity index (χ2v) is 10.7. The number of benzene rings is 1. The van der Waals surface area contributed by atoms with Gasteiger partial charge in [0.25, 0.3) is 5.91 Å². The maximum Gasteiger partial charge on any atom is 0.253 e. The summed E-state index contributed by atoms with van der Waals surface area (Å²) in [6, 6.07) is 11.9. The summed E-state index contributed by atoms with van der Waals surface area (Å²) >= 11 is 0. The lowest BCUT2D eigenvalue weighted by molar-refractivity contribution is 0.0844. The van der Waals surface area contributed by atoms with Gasteiger partial charge in [0, 0.05) is 70.4 Å². The number of nitrogens with one attached hydrogen (secondary N) is 1. The van der Waals surface area contributed by atoms with Gasteiger partial charge >= 0.3 is 0 Å². The second-order valence-electron chi connectivity index (χ2n) is 9.19. The Morgan fingerprint density at radius 2 is 1.76 bits per heavy atom. The van der Waals surface area contributed by atoms with Gasteiger partial charge in [-0.2, -0.15) is 0 Å². The van der Waals surface area contributed by atoms with Crippen LogP contribution >= 0.6 is 0 Å². The van der Waals surface area contributed by atoms with Crippen LogP contribution in [0.2, 0.25) is 0 Å². The number of hydrogen-bond donors (Lipinski definition) is 1. The first-order valence-electron chi connectivity index (χ1n) is 12.0. The van der Waals surface area contributed by atoms with Crippen LogP contribution in [0.4, 0.5) is 0 Å². The number of piperidine rings is 1. The second kappa shape index (κ2) is 10.4. The number of amides is 1. The van der Waals surface area contributed by atoms with Crippen molar-refractivity contribution in [3.05, 3.63) is 66.1 Å². The highest BCUT2D eigenvalue weighted by Gasteiger charge is 2.28. The Bertz CT molecular complexity index is 1150. The van der Waals surface area contributed by atoms with Crippen molar-refractivity contribution < 1.29 is 9.00 Å². The van der Waals surface area contributed by atoms with E-state index in [9.17, 15) is 9.00 Å². The first-order valence-corrected chi connectivity index (χ1v) is 13.1. The topological polar surface area (TPSA) is 73.2 Å². The largest absolute Gasteiger partial charge is 0.348 e. The number of piperazine rings is 1. The molecule has 0 spiro atoms. The predicted octanol–water partition coefficient (Wildman–Crippen LogP) is 2.00. The summed E-state index contributed by atoms with van der Waals surface area (Å²) in [6.07, 6.45) is 7.45. The van der Waals surface area contributed by atoms with Crippen LogP contribution in [0.5, 0.6) is 0 Å². The Hall–Kier alpha value is -2.59. The van der Waals surface area contributed by atoms with Crippen molar-refractivity contribution in [3.63, 3.8) is 0 Å². The van der Waals surface area contributed by atoms with E-state index in [2.05, 4.69) is 31.5 Å². The zero-order valence-electron chi connectivity index (χ0n) is 19.6. The van der Waals surface area contributed by atoms with Crippen LogP contribution in [0, 0.1) is 0 Å². The number of hydrogen-bond acceptors (Lipinski definition) is 5. The Balaban J connectivity index is 1.11. The SMILES string of the molecule is CN1CCN(C2CCN(S(=O)c3ccc(CNC(=O)c4ccc5nccn5c4)cc3)CC2)CC1. The molecule has 8 nitrogen and oxygen atoms in total. The molecular weight excluding hydrogens is 448 g/mol. The molecule has 0 bridgehead atoms. The van der Waals surface area contributed by atoms with Gasteiger partial charge in [-0.1, -0.05) is 12.1 Å². The van der Waals surface area contributed by atoms with E-state index in [1.807, 2.05) is 40.9 Å². The van der Waals surface area contributed by atoms with E-state index < -0.39 is 11.0 Å². The Kier molecular flexibility index (Phi) is 7.05. The fourth-order valence-electron chi connectivity index (χ4n) is 4.77. The molecule has 1 amide bonds. The number of nitrogens with zero attached hydrogens (tertiary/aromatic N) is 5. The lowest BCUT2D eigenvalue weighted by Gasteiger charge is -2.41. The third kappa shape index (κ3) is 5.22. The van der Waals surface area contributed by atoms with Crippen LogP contribution in [0.15, 0.2) is 59.9 Å². The molecule has 2 aliphatic rings. The molecule has 9 heteroatoms. The standard InChI is InChI=1S/C25H32N6O2S/c1-28-14-16-29(17-15-28)22-8-11-31(12-9-22)34(33)23-5-2-20(3-6-23)18-27-25(32)21-4-7-24-26-10-13-30(24)19-21/h2-7,10,13,19,22H,8-9,11-12,14-18H2,1H3,(H,27,32). The van der Waals surface area contributed by atoms with E-state index in [-0.39, 0.29) is 5.91 Å². The van der Waals surface area contributed by atoms with E-state index in [1.54, 1.807) is 18.5 Å². The quantitative estimate of drug-likeness (QED) is 0.584. The summed E-state index contributed by atoms with van der Waals surface area (Å²) in [4.78, 5) is 22.5. The molecule has 0 aliphatic carbocycles. The molecule has 2 aromatic heterocycles. The van der Waals surface area contributed by atoms with Crippen molar-refractivity contribution >= 4 is 22.5 Å². The first-order chi connectivity index (χ1) is 16.6. The van der Waals surface area contributed by atoms with Gasteiger partial charge in [-0.05, 0) is 49.7 Å². The smallest absolute Gasteiger partial charge is 0.253 e. The molecule has 2 saturated heterocycles. The van der Waals surface area contributed by atoms with Crippen molar-refractivity contribution in [3.8, 4) is 0 Å². The number of aromatic nitrogens is 2. The maximum atomic E-state index is 13.1. The number of likely N-dealkylation sites (N-methyl/N-ethyl adjacent to an activating group) is 1. The average molecular weight is 481 g/mol. The minimum atomic E-state index is -1.15. The highest BCUT2D eigenvalue weighted by molar-refractivity contribution is 7.82. The van der Waals surface area contributed by atoms with Crippen molar-refractivity contribution in [1.82, 2.24) is 28.8 Å². The van der Waals surface area contributed by atoms with Gasteiger partial charge in [-0.3, -0.25) is 9.69 Å². The maximum absolute atomic E-state index is 13.1. The van der Waals surface area contributed by atoms with Gasteiger partial charge in [0.05, 0.1) is 10.5 Å². The van der Waals surface area contributed by atoms with E-state index in [0.29, 0.717) is 18.2 Å². The summed E-state index contributed by atoms with van der Waals surface area (Å²) in [5.74, 6) is -0.133. The summed E-state index contributed by atoms with van der Waals surface area (Å²) in [6.45, 7) is 6.70. The zero-order valence-corrected chi connectivity index (χ0v) is 20.4. The molecule has 2 aliphatic heterocycles. The first kappa shape index (κ1) is 23.2. The molecular formula is C25H32N6O2S. The third-order valence-electron chi connectivity index (χ3n) is 6.94. The van der Waals surface area contributed by atoms with Gasteiger partial charge in [0.2, 0.25) is 0 Å². The number of carbonyl (C=O) groups excluding carboxylic acids is 1. The molecule has 1 N–H and O–H groups in total. The van der Waals surface area contributed by atoms with Crippen LogP contribution in [-0.4, -0.2) is 86.0 Å². The van der Waals surface area contributed by atoms with Gasteiger partial charge in [0.15, 0.2) is 0 Å². The Morgan fingerprint density at radius 1 is 1.03 bits per heavy atom. The van der Waals surface area contributed by atoms with E-state index in [4.69, 9.17) is 0 Å². The summed E-state index contributed by atoms with van der Waals surface area (Å²) in [7, 11) is 1.04. The summed E-state index contributed by atoms with van der Waals surface area (Å²) in [5, 5.41) is 2.96. The number of pyridine rings is 1. The minimum absolute atomic E-state index is 0.133. The molecule has 34 heavy (non-hydrogen) atoms. The van der Waals surface area contributed by atoms with Crippen molar-refractivity contribution in [2.75, 3.05) is 46.3 Å². The van der Waals surface area contributed by atoms with Crippen molar-refractivity contribution in [2.45, 2.75) is 30.3 Å². The monoisotopic (exact) mass is 480 g/mol. The lowest BCUT2D eigenvalue weighted by Crippen LogP contribution is -2.52. The molecule has 1 atom stereocenters. The molecule has 5 rings (SSSR count). The van der Waals surface area contributed by atoms with Crippen LogP contribution in [0.1, 0.15) is 28.8 Å². The number of carbonyl (C=O) groups is 1. The molecule has 0 radical (unpaired) electrons. The molecule has 3 aromatic rings. The van der Waals surface area contributed by atoms with Crippen LogP contribution < -0.4 is 5.32 Å². The van der Waals surface area contributed by atoms with Crippen LogP contribution in [-0.2, 0) is 17.5 Å². The lowest BCUT2D eigenvalue weighted by atomic mass is 10.0. The number of imidazole rings is 1. The van der Waals surface area contributed by atoms with Gasteiger partial charge in [-0.15, -0.1) is 0 Å². The molecule has 0 saturated carbocycles. The zero-order chi connectivity index (χ0) is 23.5. The molecule has 1 aromatic carbocycles. The van der Waals surface area contributed by atoms with Crippen LogP contribution in [0.3, 0.4) is 0 Å². The summed E-state index contributed by atoms with van der Waals surface area (Å²) < 4.78 is 17.0. The highest BCUT2D eigenvalue weighted by atomic mass is 32.2. The Labute approximate surface area is 203 Å². The highest BCUT2D eigenvalue weighted by Crippen LogP contribution is 2.22. The minimum Gasteiger partial charge on any atom is -0.348 e. The van der Waals surface area contributed by atoms with Gasteiger partial charge in [-0.25, -0.2) is 13.5 Å². The fourth-order valence-corrected chi connectivity index (χ4v) is 5.98. The fraction of sp³-hybridized carbons (Fsp3) is 0.440. The van der Waals surface area contributed by atoms with E-state index in [0.717, 1.165) is 68.2 Å². The molecule has 2 fully saturated rings. The number of rotatable bonds is 6. The van der Waals surface area contributed by atoms with E-state index in [1.165, 1.54) is 0 Å². The van der Waals surface area contributed by atoms with Gasteiger partial charge in [0.1, 0.15) is 16.6 Å². The van der Waals surface area contributed by atoms with E-state index >= 15 is 0 Å².